The number of rotatable bonds is 1. The highest BCUT2D eigenvalue weighted by Gasteiger charge is 2.11. The molecular formula is C12H12S3. The quantitative estimate of drug-likeness (QED) is 0.496. The van der Waals surface area contributed by atoms with E-state index in [2.05, 4.69) is 50.3 Å². The summed E-state index contributed by atoms with van der Waals surface area (Å²) in [5.41, 5.74) is 1.41. The molecule has 78 valence electrons. The van der Waals surface area contributed by atoms with Gasteiger partial charge in [-0.15, -0.1) is 0 Å². The third-order valence-electron chi connectivity index (χ3n) is 2.24. The van der Waals surface area contributed by atoms with Gasteiger partial charge in [-0.1, -0.05) is 77.1 Å². The van der Waals surface area contributed by atoms with E-state index in [4.69, 9.17) is 12.2 Å². The fourth-order valence-corrected chi connectivity index (χ4v) is 3.75. The molecule has 1 aliphatic carbocycles. The minimum absolute atomic E-state index is 0.149. The first kappa shape index (κ1) is 11.0. The first-order chi connectivity index (χ1) is 7.07. The number of hydrogen-bond acceptors (Lipinski definition) is 3. The van der Waals surface area contributed by atoms with E-state index in [-0.39, 0.29) is 5.41 Å². The zero-order valence-electron chi connectivity index (χ0n) is 8.69. The zero-order valence-corrected chi connectivity index (χ0v) is 11.1. The summed E-state index contributed by atoms with van der Waals surface area (Å²) in [5.74, 6) is 0. The lowest BCUT2D eigenvalue weighted by atomic mass is 9.93. The molecule has 0 unspecified atom stereocenters. The Morgan fingerprint density at radius 1 is 1.20 bits per heavy atom. The maximum absolute atomic E-state index is 5.14. The number of hydrogen-bond donors (Lipinski definition) is 0. The average Bonchev–Trinajstić information content (AvgIpc) is 2.49. The smallest absolute Gasteiger partial charge is 0.0786 e. The molecule has 0 nitrogen and oxygen atoms in total. The topological polar surface area (TPSA) is 0 Å². The van der Waals surface area contributed by atoms with Crippen LogP contribution in [0.3, 0.4) is 0 Å². The highest BCUT2D eigenvalue weighted by atomic mass is 32.9. The van der Waals surface area contributed by atoms with E-state index in [9.17, 15) is 0 Å². The molecule has 1 heterocycles. The van der Waals surface area contributed by atoms with Crippen molar-refractivity contribution in [3.63, 3.8) is 0 Å². The van der Waals surface area contributed by atoms with Crippen LogP contribution in [-0.4, -0.2) is 0 Å². The fraction of sp³-hybridized carbons (Fsp3) is 0.250. The Morgan fingerprint density at radius 2 is 2.00 bits per heavy atom. The van der Waals surface area contributed by atoms with Gasteiger partial charge in [-0.25, -0.2) is 0 Å². The molecule has 1 aliphatic rings. The Balaban J connectivity index is 2.37. The van der Waals surface area contributed by atoms with Gasteiger partial charge in [0.1, 0.15) is 3.82 Å². The molecule has 3 heteroatoms. The highest BCUT2D eigenvalue weighted by Crippen LogP contribution is 2.30. The van der Waals surface area contributed by atoms with Gasteiger partial charge in [0.05, 0.1) is 0 Å². The summed E-state index contributed by atoms with van der Waals surface area (Å²) in [4.78, 5) is 1.27. The van der Waals surface area contributed by atoms with Gasteiger partial charge in [0, 0.05) is 10.3 Å². The van der Waals surface area contributed by atoms with E-state index in [1.165, 1.54) is 10.5 Å². The summed E-state index contributed by atoms with van der Waals surface area (Å²) in [7, 11) is 3.41. The van der Waals surface area contributed by atoms with E-state index in [0.717, 1.165) is 3.82 Å². The van der Waals surface area contributed by atoms with Crippen LogP contribution >= 0.6 is 32.9 Å². The molecule has 0 aromatic carbocycles. The summed E-state index contributed by atoms with van der Waals surface area (Å²) < 4.78 is 0.969. The van der Waals surface area contributed by atoms with Crippen molar-refractivity contribution in [3.05, 3.63) is 45.1 Å². The summed E-state index contributed by atoms with van der Waals surface area (Å²) in [6, 6.07) is 2.08. The van der Waals surface area contributed by atoms with Crippen LogP contribution in [0.2, 0.25) is 0 Å². The molecule has 2 rings (SSSR count). The maximum Gasteiger partial charge on any atom is 0.102 e. The first-order valence-electron chi connectivity index (χ1n) is 4.76. The van der Waals surface area contributed by atoms with Gasteiger partial charge in [-0.05, 0) is 11.6 Å². The fourth-order valence-electron chi connectivity index (χ4n) is 1.35. The number of allylic oxidation sites excluding steroid dienone is 6. The van der Waals surface area contributed by atoms with Crippen LogP contribution in [0.1, 0.15) is 18.7 Å². The van der Waals surface area contributed by atoms with Crippen LogP contribution in [-0.2, 0) is 0 Å². The molecule has 0 fully saturated rings. The van der Waals surface area contributed by atoms with Gasteiger partial charge in [-0.3, -0.25) is 0 Å². The van der Waals surface area contributed by atoms with E-state index in [1.807, 2.05) is 0 Å². The molecule has 0 saturated carbocycles. The predicted octanol–water partition coefficient (Wildman–Crippen LogP) is 5.07. The Bertz CT molecular complexity index is 495. The van der Waals surface area contributed by atoms with Crippen molar-refractivity contribution >= 4 is 38.5 Å². The van der Waals surface area contributed by atoms with E-state index in [0.29, 0.717) is 0 Å². The van der Waals surface area contributed by atoms with Crippen LogP contribution in [0.4, 0.5) is 0 Å². The lowest BCUT2D eigenvalue weighted by Crippen LogP contribution is -2.00. The van der Waals surface area contributed by atoms with E-state index >= 15 is 0 Å². The highest BCUT2D eigenvalue weighted by molar-refractivity contribution is 7.79. The van der Waals surface area contributed by atoms with Crippen molar-refractivity contribution in [1.82, 2.24) is 0 Å². The van der Waals surface area contributed by atoms with Crippen LogP contribution in [0, 0.1) is 9.24 Å². The monoisotopic (exact) mass is 252 g/mol. The van der Waals surface area contributed by atoms with Crippen molar-refractivity contribution in [2.75, 3.05) is 0 Å². The molecule has 0 aliphatic heterocycles. The molecule has 0 atom stereocenters. The van der Waals surface area contributed by atoms with Gasteiger partial charge in [0.15, 0.2) is 0 Å². The summed E-state index contributed by atoms with van der Waals surface area (Å²) >= 11 is 5.14. The van der Waals surface area contributed by atoms with Crippen molar-refractivity contribution in [2.45, 2.75) is 13.8 Å². The van der Waals surface area contributed by atoms with Crippen molar-refractivity contribution < 1.29 is 0 Å². The molecule has 0 bridgehead atoms. The van der Waals surface area contributed by atoms with Gasteiger partial charge in [0.2, 0.25) is 0 Å². The average molecular weight is 252 g/mol. The molecule has 0 saturated heterocycles. The van der Waals surface area contributed by atoms with Crippen molar-refractivity contribution in [3.8, 4) is 0 Å². The Hall–Kier alpha value is -0.510. The largest absolute Gasteiger partial charge is 0.102 e. The van der Waals surface area contributed by atoms with Gasteiger partial charge >= 0.3 is 0 Å². The minimum atomic E-state index is 0.149. The van der Waals surface area contributed by atoms with Gasteiger partial charge in [0.25, 0.3) is 0 Å². The molecule has 1 aromatic rings. The second kappa shape index (κ2) is 4.16. The lowest BCUT2D eigenvalue weighted by molar-refractivity contribution is 0.627. The third kappa shape index (κ3) is 2.74. The molecule has 15 heavy (non-hydrogen) atoms. The Kier molecular flexibility index (Phi) is 3.05. The Morgan fingerprint density at radius 3 is 2.67 bits per heavy atom. The van der Waals surface area contributed by atoms with Crippen LogP contribution in [0.25, 0.3) is 5.57 Å². The summed E-state index contributed by atoms with van der Waals surface area (Å²) in [6.07, 6.45) is 10.9. The standard InChI is InChI=1S/C12H12S3/c1-12(2)6-3-4-9(5-7-12)10-8-11(13)15-14-10/h3-8H,1-2H3. The Labute approximate surface area is 103 Å². The predicted molar refractivity (Wildman–Crippen MR) is 73.1 cm³/mol. The zero-order chi connectivity index (χ0) is 10.9. The van der Waals surface area contributed by atoms with Crippen LogP contribution < -0.4 is 0 Å². The molecular weight excluding hydrogens is 240 g/mol. The maximum atomic E-state index is 5.14. The first-order valence-corrected chi connectivity index (χ1v) is 7.32. The second-order valence-corrected chi connectivity index (χ2v) is 7.04. The van der Waals surface area contributed by atoms with Crippen LogP contribution in [0.15, 0.2) is 36.4 Å². The lowest BCUT2D eigenvalue weighted by Gasteiger charge is -2.12. The summed E-state index contributed by atoms with van der Waals surface area (Å²) in [6.45, 7) is 4.40. The normalized spacial score (nSPS) is 18.7. The molecule has 1 aromatic heterocycles. The third-order valence-corrected chi connectivity index (χ3v) is 5.15. The molecule has 0 radical (unpaired) electrons. The molecule has 0 N–H and O–H groups in total. The molecule has 0 spiro atoms. The van der Waals surface area contributed by atoms with Crippen molar-refractivity contribution in [1.29, 1.82) is 0 Å². The van der Waals surface area contributed by atoms with E-state index in [1.54, 1.807) is 20.7 Å². The molecule has 0 amide bonds. The van der Waals surface area contributed by atoms with Crippen molar-refractivity contribution in [2.24, 2.45) is 5.41 Å². The summed E-state index contributed by atoms with van der Waals surface area (Å²) in [5, 5.41) is 0. The van der Waals surface area contributed by atoms with Gasteiger partial charge in [-0.2, -0.15) is 0 Å². The second-order valence-electron chi connectivity index (χ2n) is 4.13. The SMILES string of the molecule is CC1(C)C=CC=C(c2cc(=S)ss2)C=C1. The minimum Gasteiger partial charge on any atom is -0.0786 e. The van der Waals surface area contributed by atoms with Crippen LogP contribution in [0.5, 0.6) is 0 Å². The van der Waals surface area contributed by atoms with Gasteiger partial charge < -0.3 is 0 Å². The van der Waals surface area contributed by atoms with E-state index < -0.39 is 0 Å².